The second kappa shape index (κ2) is 23.6. The molecule has 1 aliphatic rings. The molecule has 7 heteroatoms. The van der Waals surface area contributed by atoms with Crippen molar-refractivity contribution in [2.24, 2.45) is 0 Å². The molecule has 5 aromatic rings. The Morgan fingerprint density at radius 2 is 1.06 bits per heavy atom. The summed E-state index contributed by atoms with van der Waals surface area (Å²) in [6.45, 7) is 7.63. The predicted octanol–water partition coefficient (Wildman–Crippen LogP) is 8.31. The van der Waals surface area contributed by atoms with Gasteiger partial charge in [0.15, 0.2) is 0 Å². The van der Waals surface area contributed by atoms with Crippen LogP contribution in [-0.2, 0) is 32.7 Å². The molecule has 0 spiro atoms. The third kappa shape index (κ3) is 13.8. The molecular weight excluding hydrogens is 706 g/mol. The Balaban J connectivity index is 0.000000224. The van der Waals surface area contributed by atoms with Crippen molar-refractivity contribution in [3.63, 3.8) is 0 Å². The van der Waals surface area contributed by atoms with Crippen LogP contribution < -0.4 is 31.9 Å². The molecular formula is C44H50FeN2O2P2. The molecule has 51 heavy (non-hydrogen) atoms. The molecule has 1 aliphatic carbocycles. The van der Waals surface area contributed by atoms with Crippen LogP contribution in [-0.4, -0.2) is 31.8 Å². The average molecular weight is 757 g/mol. The van der Waals surface area contributed by atoms with Crippen molar-refractivity contribution >= 4 is 37.5 Å². The summed E-state index contributed by atoms with van der Waals surface area (Å²) in [5, 5.41) is 12.3. The number of benzene rings is 4. The van der Waals surface area contributed by atoms with E-state index >= 15 is 0 Å². The largest absolute Gasteiger partial charge is 2.00 e. The van der Waals surface area contributed by atoms with Gasteiger partial charge in [0.2, 0.25) is 0 Å². The fourth-order valence-electron chi connectivity index (χ4n) is 5.41. The van der Waals surface area contributed by atoms with E-state index in [0.29, 0.717) is 25.3 Å². The van der Waals surface area contributed by atoms with Gasteiger partial charge in [-0.25, -0.2) is 30.2 Å². The zero-order valence-electron chi connectivity index (χ0n) is 29.6. The third-order valence-corrected chi connectivity index (χ3v) is 12.3. The molecule has 2 atom stereocenters. The minimum Gasteiger partial charge on any atom is -0.348 e. The Kier molecular flexibility index (Phi) is 18.9. The van der Waals surface area contributed by atoms with E-state index in [1.807, 2.05) is 0 Å². The van der Waals surface area contributed by atoms with Crippen molar-refractivity contribution in [2.45, 2.75) is 45.3 Å². The molecule has 0 amide bonds. The van der Waals surface area contributed by atoms with Crippen molar-refractivity contribution in [3.8, 4) is 0 Å². The van der Waals surface area contributed by atoms with Gasteiger partial charge in [0, 0.05) is 33.3 Å². The topological polar surface area (TPSA) is 42.5 Å². The van der Waals surface area contributed by atoms with Gasteiger partial charge in [-0.2, -0.15) is 17.7 Å². The van der Waals surface area contributed by atoms with Gasteiger partial charge >= 0.3 is 17.1 Å². The van der Waals surface area contributed by atoms with E-state index in [1.165, 1.54) is 32.7 Å². The summed E-state index contributed by atoms with van der Waals surface area (Å²) < 4.78 is 12.9. The number of nitrogens with one attached hydrogen (secondary N) is 2. The Bertz CT molecular complexity index is 1530. The van der Waals surface area contributed by atoms with E-state index < -0.39 is 16.3 Å². The average Bonchev–Trinajstić information content (AvgIpc) is 3.92. The zero-order valence-corrected chi connectivity index (χ0v) is 32.5. The number of rotatable bonds is 18. The molecule has 0 saturated heterocycles. The standard InChI is InChI=1S/2C22H25NOP.Fe/c2*1-2-20(23-17-19-11-9-10-12-19)18-24-25(21-13-5-3-6-14-21)22-15-7-4-8-16-22;/h2*3-16,20,23H,2,17-18H2,1H3;/q2*-1;+2/t2*20-;/m11./s1. The molecule has 4 nitrogen and oxygen atoms in total. The Labute approximate surface area is 320 Å². The van der Waals surface area contributed by atoms with Crippen LogP contribution in [0.15, 0.2) is 158 Å². The van der Waals surface area contributed by atoms with Gasteiger partial charge in [-0.15, -0.1) is 12.8 Å². The van der Waals surface area contributed by atoms with Gasteiger partial charge in [-0.1, -0.05) is 135 Å². The normalized spacial score (nSPS) is 13.5. The Morgan fingerprint density at radius 3 is 1.43 bits per heavy atom. The smallest absolute Gasteiger partial charge is 0.348 e. The summed E-state index contributed by atoms with van der Waals surface area (Å²) in [6.07, 6.45) is 10.6. The molecule has 2 N–H and O–H groups in total. The first kappa shape index (κ1) is 40.8. The van der Waals surface area contributed by atoms with Crippen molar-refractivity contribution in [3.05, 3.63) is 182 Å². The first-order valence-electron chi connectivity index (χ1n) is 17.7. The molecule has 0 bridgehead atoms. The second-order valence-corrected chi connectivity index (χ2v) is 15.8. The predicted molar refractivity (Wildman–Crippen MR) is 216 cm³/mol. The van der Waals surface area contributed by atoms with Crippen molar-refractivity contribution in [1.82, 2.24) is 10.6 Å². The van der Waals surface area contributed by atoms with Gasteiger partial charge in [-0.3, -0.25) is 0 Å². The van der Waals surface area contributed by atoms with E-state index in [0.717, 1.165) is 25.9 Å². The van der Waals surface area contributed by atoms with E-state index in [2.05, 4.69) is 195 Å². The summed E-state index contributed by atoms with van der Waals surface area (Å²) in [4.78, 5) is 0. The summed E-state index contributed by atoms with van der Waals surface area (Å²) in [5.41, 5.74) is 1.33. The number of hydrogen-bond donors (Lipinski definition) is 2. The minimum absolute atomic E-state index is 0. The van der Waals surface area contributed by atoms with Crippen LogP contribution in [0, 0.1) is 18.8 Å². The maximum atomic E-state index is 6.44. The fraction of sp³-hybridized carbons (Fsp3) is 0.227. The zero-order chi connectivity index (χ0) is 34.6. The summed E-state index contributed by atoms with van der Waals surface area (Å²) in [5.74, 6) is 1.33. The maximum absolute atomic E-state index is 6.44. The molecule has 0 aromatic heterocycles. The summed E-state index contributed by atoms with van der Waals surface area (Å²) >= 11 is 0. The molecule has 0 saturated carbocycles. The molecule has 6 rings (SSSR count). The van der Waals surface area contributed by atoms with Gasteiger partial charge in [0.25, 0.3) is 0 Å². The summed E-state index contributed by atoms with van der Waals surface area (Å²) in [6, 6.07) is 51.4. The molecule has 0 aliphatic heterocycles. The molecule has 266 valence electrons. The van der Waals surface area contributed by atoms with E-state index in [4.69, 9.17) is 9.05 Å². The first-order chi connectivity index (χ1) is 24.7. The molecule has 2 radical (unpaired) electrons. The SMILES string of the molecule is CC[C@H](COP(c1ccccc1)c1ccccc1)NC[C-]1[CH][CH]C=C1.CC[C@H](COP(c1ccccc1)c1ccccc1)NCc1ccc[cH-]1.[Fe+2]. The van der Waals surface area contributed by atoms with Gasteiger partial charge in [-0.05, 0) is 25.9 Å². The van der Waals surface area contributed by atoms with Gasteiger partial charge < -0.3 is 19.7 Å². The van der Waals surface area contributed by atoms with Crippen LogP contribution in [0.4, 0.5) is 0 Å². The maximum Gasteiger partial charge on any atom is 2.00 e. The van der Waals surface area contributed by atoms with Gasteiger partial charge in [0.05, 0.1) is 29.5 Å². The van der Waals surface area contributed by atoms with E-state index in [9.17, 15) is 0 Å². The molecule has 0 heterocycles. The van der Waals surface area contributed by atoms with Crippen LogP contribution in [0.25, 0.3) is 0 Å². The van der Waals surface area contributed by atoms with Crippen LogP contribution in [0.5, 0.6) is 0 Å². The van der Waals surface area contributed by atoms with Crippen molar-refractivity contribution < 1.29 is 26.1 Å². The molecule has 0 fully saturated rings. The third-order valence-electron chi connectivity index (χ3n) is 8.41. The van der Waals surface area contributed by atoms with Crippen molar-refractivity contribution in [2.75, 3.05) is 19.8 Å². The molecule has 5 aromatic carbocycles. The first-order valence-corrected chi connectivity index (χ1v) is 20.2. The summed E-state index contributed by atoms with van der Waals surface area (Å²) in [7, 11) is -1.57. The van der Waals surface area contributed by atoms with E-state index in [1.54, 1.807) is 0 Å². The molecule has 0 unspecified atom stereocenters. The minimum atomic E-state index is -0.785. The van der Waals surface area contributed by atoms with Crippen LogP contribution >= 0.6 is 16.3 Å². The van der Waals surface area contributed by atoms with E-state index in [-0.39, 0.29) is 17.1 Å². The second-order valence-electron chi connectivity index (χ2n) is 12.1. The van der Waals surface area contributed by atoms with Gasteiger partial charge in [0.1, 0.15) is 0 Å². The number of hydrogen-bond acceptors (Lipinski definition) is 4. The van der Waals surface area contributed by atoms with Crippen LogP contribution in [0.1, 0.15) is 32.3 Å². The van der Waals surface area contributed by atoms with Crippen LogP contribution in [0.3, 0.4) is 0 Å². The number of allylic oxidation sites excluding steroid dienone is 1. The Morgan fingerprint density at radius 1 is 0.608 bits per heavy atom. The quantitative estimate of drug-likeness (QED) is 0.0537. The van der Waals surface area contributed by atoms with Crippen molar-refractivity contribution in [1.29, 1.82) is 0 Å². The monoisotopic (exact) mass is 756 g/mol. The fourth-order valence-corrected chi connectivity index (χ4v) is 9.03. The van der Waals surface area contributed by atoms with Crippen LogP contribution in [0.2, 0.25) is 0 Å². The Hall–Kier alpha value is -2.94.